The molecule has 0 amide bonds. The van der Waals surface area contributed by atoms with Crippen LogP contribution in [-0.2, 0) is 0 Å². The lowest BCUT2D eigenvalue weighted by atomic mass is 10.1. The summed E-state index contributed by atoms with van der Waals surface area (Å²) in [6, 6.07) is 2.18. The third-order valence-corrected chi connectivity index (χ3v) is 5.48. The molecule has 1 unspecified atom stereocenters. The van der Waals surface area contributed by atoms with E-state index in [9.17, 15) is 13.2 Å². The molecule has 0 spiro atoms. The summed E-state index contributed by atoms with van der Waals surface area (Å²) in [5.41, 5.74) is 1.49. The number of hydrogen-bond acceptors (Lipinski definition) is 6. The van der Waals surface area contributed by atoms with E-state index in [0.717, 1.165) is 24.6 Å². The van der Waals surface area contributed by atoms with E-state index >= 15 is 0 Å². The van der Waals surface area contributed by atoms with Gasteiger partial charge in [0.2, 0.25) is 0 Å². The molecule has 0 bridgehead atoms. The molecule has 1 saturated heterocycles. The molecular weight excluding hydrogens is 397 g/mol. The van der Waals surface area contributed by atoms with Gasteiger partial charge in [-0.05, 0) is 12.8 Å². The zero-order valence-corrected chi connectivity index (χ0v) is 16.3. The number of pyridine rings is 1. The molecule has 2 aliphatic rings. The fraction of sp³-hybridized carbons (Fsp3) is 0.450. The Bertz CT molecular complexity index is 1100. The minimum absolute atomic E-state index is 0.0774. The number of imidazole rings is 1. The number of methoxy groups -OCH3 is 1. The van der Waals surface area contributed by atoms with Crippen molar-refractivity contribution < 1.29 is 17.9 Å². The number of piperidine rings is 1. The van der Waals surface area contributed by atoms with Gasteiger partial charge >= 0.3 is 0 Å². The van der Waals surface area contributed by atoms with Crippen LogP contribution in [0.2, 0.25) is 0 Å². The van der Waals surface area contributed by atoms with E-state index in [4.69, 9.17) is 4.74 Å². The molecule has 1 aliphatic carbocycles. The number of halogens is 3. The van der Waals surface area contributed by atoms with Crippen LogP contribution in [0.1, 0.15) is 30.9 Å². The van der Waals surface area contributed by atoms with Crippen molar-refractivity contribution in [3.8, 4) is 17.1 Å². The first-order valence-corrected chi connectivity index (χ1v) is 9.94. The molecule has 7 nitrogen and oxygen atoms in total. The summed E-state index contributed by atoms with van der Waals surface area (Å²) < 4.78 is 49.6. The largest absolute Gasteiger partial charge is 0.495 e. The summed E-state index contributed by atoms with van der Waals surface area (Å²) in [6.07, 6.45) is 2.67. The fourth-order valence-electron chi connectivity index (χ4n) is 3.82. The molecule has 3 aromatic rings. The minimum Gasteiger partial charge on any atom is -0.495 e. The number of ether oxygens (including phenoxy) is 1. The Morgan fingerprint density at radius 2 is 2.03 bits per heavy atom. The second kappa shape index (κ2) is 7.42. The number of anilines is 1. The maximum absolute atomic E-state index is 14.7. The lowest BCUT2D eigenvalue weighted by Gasteiger charge is -2.27. The number of nitrogens with zero attached hydrogens (tertiary/aromatic N) is 4. The van der Waals surface area contributed by atoms with Crippen LogP contribution in [-0.4, -0.2) is 52.0 Å². The summed E-state index contributed by atoms with van der Waals surface area (Å²) >= 11 is 0. The van der Waals surface area contributed by atoms with Gasteiger partial charge in [-0.2, -0.15) is 5.10 Å². The van der Waals surface area contributed by atoms with Gasteiger partial charge in [0.25, 0.3) is 0 Å². The molecule has 30 heavy (non-hydrogen) atoms. The van der Waals surface area contributed by atoms with Gasteiger partial charge in [0.15, 0.2) is 23.1 Å². The highest BCUT2D eigenvalue weighted by Crippen LogP contribution is 2.43. The Morgan fingerprint density at radius 1 is 1.20 bits per heavy atom. The van der Waals surface area contributed by atoms with Gasteiger partial charge in [0.05, 0.1) is 13.3 Å². The Hall–Kier alpha value is -2.88. The Morgan fingerprint density at radius 3 is 2.77 bits per heavy atom. The maximum Gasteiger partial charge on any atom is 0.168 e. The SMILES string of the molecule is COc1cc2ncc(-c3nc(NC4CNC[C@H](F)C4)c(F)cc3F)n2nc1C1CC1. The van der Waals surface area contributed by atoms with Crippen LogP contribution in [0.3, 0.4) is 0 Å². The molecule has 1 saturated carbocycles. The predicted octanol–water partition coefficient (Wildman–Crippen LogP) is 3.07. The third-order valence-electron chi connectivity index (χ3n) is 5.48. The zero-order chi connectivity index (χ0) is 20.8. The van der Waals surface area contributed by atoms with Crippen LogP contribution < -0.4 is 15.4 Å². The average Bonchev–Trinajstić information content (AvgIpc) is 3.49. The van der Waals surface area contributed by atoms with Crippen molar-refractivity contribution >= 4 is 11.5 Å². The first-order valence-electron chi connectivity index (χ1n) is 9.94. The van der Waals surface area contributed by atoms with Crippen molar-refractivity contribution in [3.63, 3.8) is 0 Å². The van der Waals surface area contributed by atoms with Crippen molar-refractivity contribution in [1.29, 1.82) is 0 Å². The van der Waals surface area contributed by atoms with Crippen molar-refractivity contribution in [2.24, 2.45) is 0 Å². The molecule has 2 fully saturated rings. The van der Waals surface area contributed by atoms with Crippen molar-refractivity contribution in [2.75, 3.05) is 25.5 Å². The second-order valence-corrected chi connectivity index (χ2v) is 7.77. The van der Waals surface area contributed by atoms with E-state index in [2.05, 4.69) is 25.7 Å². The second-order valence-electron chi connectivity index (χ2n) is 7.77. The van der Waals surface area contributed by atoms with Crippen LogP contribution in [0.15, 0.2) is 18.3 Å². The molecule has 1 aliphatic heterocycles. The highest BCUT2D eigenvalue weighted by molar-refractivity contribution is 5.63. The first-order chi connectivity index (χ1) is 14.5. The van der Waals surface area contributed by atoms with Gasteiger partial charge in [-0.25, -0.2) is 27.7 Å². The molecule has 0 aromatic carbocycles. The van der Waals surface area contributed by atoms with Crippen LogP contribution in [0.5, 0.6) is 5.75 Å². The fourth-order valence-corrected chi connectivity index (χ4v) is 3.82. The van der Waals surface area contributed by atoms with E-state index in [0.29, 0.717) is 29.6 Å². The van der Waals surface area contributed by atoms with E-state index in [1.165, 1.54) is 10.7 Å². The van der Waals surface area contributed by atoms with Crippen molar-refractivity contribution in [2.45, 2.75) is 37.4 Å². The van der Waals surface area contributed by atoms with E-state index in [1.807, 2.05) is 0 Å². The van der Waals surface area contributed by atoms with Gasteiger partial charge in [0.1, 0.15) is 29.0 Å². The molecule has 2 atom stereocenters. The molecule has 158 valence electrons. The third kappa shape index (κ3) is 3.45. The number of alkyl halides is 1. The molecule has 4 heterocycles. The van der Waals surface area contributed by atoms with Gasteiger partial charge < -0.3 is 15.4 Å². The van der Waals surface area contributed by atoms with Crippen molar-refractivity contribution in [1.82, 2.24) is 24.9 Å². The Kier molecular flexibility index (Phi) is 4.73. The topological polar surface area (TPSA) is 76.4 Å². The van der Waals surface area contributed by atoms with Crippen LogP contribution in [0.4, 0.5) is 19.0 Å². The molecular formula is C20H21F3N6O. The molecule has 10 heteroatoms. The summed E-state index contributed by atoms with van der Waals surface area (Å²) in [5.74, 6) is -0.842. The Labute approximate surface area is 170 Å². The van der Waals surface area contributed by atoms with E-state index in [-0.39, 0.29) is 30.5 Å². The number of hydrogen-bond donors (Lipinski definition) is 2. The number of rotatable bonds is 5. The average molecular weight is 418 g/mol. The smallest absolute Gasteiger partial charge is 0.168 e. The number of nitrogens with one attached hydrogen (secondary N) is 2. The quantitative estimate of drug-likeness (QED) is 0.663. The maximum atomic E-state index is 14.7. The van der Waals surface area contributed by atoms with Crippen LogP contribution in [0.25, 0.3) is 17.0 Å². The normalized spacial score (nSPS) is 21.7. The minimum atomic E-state index is -1.03. The van der Waals surface area contributed by atoms with Crippen LogP contribution in [0, 0.1) is 11.6 Å². The monoisotopic (exact) mass is 418 g/mol. The lowest BCUT2D eigenvalue weighted by molar-refractivity contribution is 0.254. The highest BCUT2D eigenvalue weighted by Gasteiger charge is 2.30. The number of aromatic nitrogens is 4. The summed E-state index contributed by atoms with van der Waals surface area (Å²) in [4.78, 5) is 8.46. The van der Waals surface area contributed by atoms with E-state index < -0.39 is 17.8 Å². The standard InChI is InChI=1S/C20H21F3N6O/c1-30-16-6-17-25-9-15(29(17)28-18(16)10-2-3-10)19-13(22)5-14(23)20(27-19)26-12-4-11(21)7-24-8-12/h5-6,9-12,24H,2-4,7-8H2,1H3,(H,26,27)/t11-,12?/m1/s1. The van der Waals surface area contributed by atoms with Gasteiger partial charge in [-0.1, -0.05) is 0 Å². The van der Waals surface area contributed by atoms with Gasteiger partial charge in [-0.3, -0.25) is 0 Å². The number of fused-ring (bicyclic) bond motifs is 1. The first kappa shape index (κ1) is 19.1. The van der Waals surface area contributed by atoms with Gasteiger partial charge in [-0.15, -0.1) is 0 Å². The summed E-state index contributed by atoms with van der Waals surface area (Å²) in [5, 5.41) is 10.4. The lowest BCUT2D eigenvalue weighted by Crippen LogP contribution is -2.44. The molecule has 0 radical (unpaired) electrons. The summed E-state index contributed by atoms with van der Waals surface area (Å²) in [6.45, 7) is 0.735. The highest BCUT2D eigenvalue weighted by atomic mass is 19.1. The zero-order valence-electron chi connectivity index (χ0n) is 16.3. The summed E-state index contributed by atoms with van der Waals surface area (Å²) in [7, 11) is 1.57. The molecule has 5 rings (SSSR count). The molecule has 2 N–H and O–H groups in total. The van der Waals surface area contributed by atoms with Crippen LogP contribution >= 0.6 is 0 Å². The predicted molar refractivity (Wildman–Crippen MR) is 104 cm³/mol. The molecule has 3 aromatic heterocycles. The van der Waals surface area contributed by atoms with Gasteiger partial charge in [0, 0.05) is 43.6 Å². The van der Waals surface area contributed by atoms with E-state index in [1.54, 1.807) is 13.2 Å². The Balaban J connectivity index is 1.55. The van der Waals surface area contributed by atoms with Crippen molar-refractivity contribution in [3.05, 3.63) is 35.7 Å².